The standard InChI is InChI=1S/C19H26N4O2/c1-13-16-6-5-15(12-18(16)22(2)21-13)20-19(24)23-9-3-4-17(23)14-7-10-25-11-8-14/h5-6,12,14,17H,3-4,7-11H2,1-2H3,(H,20,24). The minimum absolute atomic E-state index is 0.0206. The highest BCUT2D eigenvalue weighted by atomic mass is 16.5. The molecule has 0 bridgehead atoms. The number of hydrogen-bond donors (Lipinski definition) is 1. The van der Waals surface area contributed by atoms with Gasteiger partial charge in [-0.3, -0.25) is 4.68 Å². The van der Waals surface area contributed by atoms with Crippen LogP contribution in [0, 0.1) is 12.8 Å². The van der Waals surface area contributed by atoms with Gasteiger partial charge in [0.15, 0.2) is 0 Å². The summed E-state index contributed by atoms with van der Waals surface area (Å²) in [5.74, 6) is 0.573. The molecular formula is C19H26N4O2. The maximum Gasteiger partial charge on any atom is 0.322 e. The molecule has 6 nitrogen and oxygen atoms in total. The predicted octanol–water partition coefficient (Wildman–Crippen LogP) is 3.30. The average molecular weight is 342 g/mol. The second-order valence-electron chi connectivity index (χ2n) is 7.22. The molecule has 1 aromatic carbocycles. The Morgan fingerprint density at radius 1 is 1.28 bits per heavy atom. The lowest BCUT2D eigenvalue weighted by atomic mass is 9.90. The van der Waals surface area contributed by atoms with Gasteiger partial charge < -0.3 is 15.0 Å². The highest BCUT2D eigenvalue weighted by Gasteiger charge is 2.35. The van der Waals surface area contributed by atoms with E-state index < -0.39 is 0 Å². The number of nitrogens with zero attached hydrogens (tertiary/aromatic N) is 3. The van der Waals surface area contributed by atoms with Crippen LogP contribution in [0.5, 0.6) is 0 Å². The fraction of sp³-hybridized carbons (Fsp3) is 0.579. The van der Waals surface area contributed by atoms with Crippen LogP contribution in [0.15, 0.2) is 18.2 Å². The van der Waals surface area contributed by atoms with Gasteiger partial charge in [-0.15, -0.1) is 0 Å². The van der Waals surface area contributed by atoms with Crippen LogP contribution in [0.4, 0.5) is 10.5 Å². The lowest BCUT2D eigenvalue weighted by Crippen LogP contribution is -2.44. The molecule has 6 heteroatoms. The molecule has 0 saturated carbocycles. The number of aryl methyl sites for hydroxylation is 2. The minimum Gasteiger partial charge on any atom is -0.381 e. The van der Waals surface area contributed by atoms with Gasteiger partial charge in [0, 0.05) is 43.9 Å². The second-order valence-corrected chi connectivity index (χ2v) is 7.22. The number of ether oxygens (including phenoxy) is 1. The number of likely N-dealkylation sites (tertiary alicyclic amines) is 1. The first-order chi connectivity index (χ1) is 12.1. The molecule has 2 saturated heterocycles. The van der Waals surface area contributed by atoms with Gasteiger partial charge in [-0.05, 0) is 56.7 Å². The molecule has 2 amide bonds. The second kappa shape index (κ2) is 6.67. The molecule has 2 fully saturated rings. The predicted molar refractivity (Wildman–Crippen MR) is 97.7 cm³/mol. The van der Waals surface area contributed by atoms with Gasteiger partial charge in [0.25, 0.3) is 0 Å². The topological polar surface area (TPSA) is 59.4 Å². The summed E-state index contributed by atoms with van der Waals surface area (Å²) in [5.41, 5.74) is 2.88. The summed E-state index contributed by atoms with van der Waals surface area (Å²) in [4.78, 5) is 14.9. The van der Waals surface area contributed by atoms with Gasteiger partial charge in [-0.2, -0.15) is 5.10 Å². The van der Waals surface area contributed by atoms with Crippen LogP contribution < -0.4 is 5.32 Å². The number of carbonyl (C=O) groups excluding carboxylic acids is 1. The van der Waals surface area contributed by atoms with Crippen molar-refractivity contribution >= 4 is 22.6 Å². The minimum atomic E-state index is 0.0206. The van der Waals surface area contributed by atoms with Crippen LogP contribution in [0.3, 0.4) is 0 Å². The quantitative estimate of drug-likeness (QED) is 0.911. The molecule has 0 spiro atoms. The van der Waals surface area contributed by atoms with Crippen molar-refractivity contribution in [3.05, 3.63) is 23.9 Å². The van der Waals surface area contributed by atoms with Gasteiger partial charge in [0.05, 0.1) is 11.2 Å². The van der Waals surface area contributed by atoms with E-state index in [1.165, 1.54) is 0 Å². The Hall–Kier alpha value is -2.08. The van der Waals surface area contributed by atoms with E-state index in [0.717, 1.165) is 67.7 Å². The summed E-state index contributed by atoms with van der Waals surface area (Å²) >= 11 is 0. The van der Waals surface area contributed by atoms with Crippen LogP contribution in [-0.4, -0.2) is 46.5 Å². The van der Waals surface area contributed by atoms with E-state index in [4.69, 9.17) is 4.74 Å². The molecule has 4 rings (SSSR count). The molecule has 1 atom stereocenters. The third-order valence-electron chi connectivity index (χ3n) is 5.66. The van der Waals surface area contributed by atoms with E-state index in [-0.39, 0.29) is 6.03 Å². The summed E-state index contributed by atoms with van der Waals surface area (Å²) in [7, 11) is 1.93. The first kappa shape index (κ1) is 16.4. The van der Waals surface area contributed by atoms with E-state index in [1.54, 1.807) is 0 Å². The molecule has 134 valence electrons. The molecule has 0 aliphatic carbocycles. The zero-order valence-corrected chi connectivity index (χ0v) is 15.0. The summed E-state index contributed by atoms with van der Waals surface area (Å²) in [5, 5.41) is 8.67. The average Bonchev–Trinajstić information content (AvgIpc) is 3.21. The summed E-state index contributed by atoms with van der Waals surface area (Å²) in [6, 6.07) is 6.38. The third-order valence-corrected chi connectivity index (χ3v) is 5.66. The highest BCUT2D eigenvalue weighted by molar-refractivity contribution is 5.93. The molecule has 25 heavy (non-hydrogen) atoms. The van der Waals surface area contributed by atoms with Crippen LogP contribution >= 0.6 is 0 Å². The monoisotopic (exact) mass is 342 g/mol. The van der Waals surface area contributed by atoms with E-state index in [1.807, 2.05) is 41.8 Å². The number of benzene rings is 1. The molecule has 1 aromatic heterocycles. The third kappa shape index (κ3) is 3.11. The van der Waals surface area contributed by atoms with E-state index >= 15 is 0 Å². The Balaban J connectivity index is 1.50. The van der Waals surface area contributed by atoms with Crippen molar-refractivity contribution in [2.24, 2.45) is 13.0 Å². The summed E-state index contributed by atoms with van der Waals surface area (Å²) < 4.78 is 7.34. The Bertz CT molecular complexity index is 779. The van der Waals surface area contributed by atoms with Gasteiger partial charge in [-0.25, -0.2) is 4.79 Å². The number of carbonyl (C=O) groups is 1. The number of urea groups is 1. The van der Waals surface area contributed by atoms with Crippen LogP contribution in [-0.2, 0) is 11.8 Å². The Morgan fingerprint density at radius 3 is 2.88 bits per heavy atom. The number of anilines is 1. The Morgan fingerprint density at radius 2 is 2.08 bits per heavy atom. The molecule has 2 aromatic rings. The molecule has 2 aliphatic heterocycles. The first-order valence-electron chi connectivity index (χ1n) is 9.22. The Kier molecular flexibility index (Phi) is 4.37. The maximum atomic E-state index is 12.9. The molecular weight excluding hydrogens is 316 g/mol. The van der Waals surface area contributed by atoms with Crippen molar-refractivity contribution in [1.29, 1.82) is 0 Å². The van der Waals surface area contributed by atoms with E-state index in [0.29, 0.717) is 12.0 Å². The number of aromatic nitrogens is 2. The van der Waals surface area contributed by atoms with E-state index in [9.17, 15) is 4.79 Å². The van der Waals surface area contributed by atoms with Crippen molar-refractivity contribution in [3.63, 3.8) is 0 Å². The zero-order valence-electron chi connectivity index (χ0n) is 15.0. The van der Waals surface area contributed by atoms with Crippen molar-refractivity contribution in [3.8, 4) is 0 Å². The normalized spacial score (nSPS) is 21.8. The van der Waals surface area contributed by atoms with Gasteiger partial charge in [0.1, 0.15) is 0 Å². The first-order valence-corrected chi connectivity index (χ1v) is 9.22. The van der Waals surface area contributed by atoms with Gasteiger partial charge in [-0.1, -0.05) is 0 Å². The number of fused-ring (bicyclic) bond motifs is 1. The smallest absolute Gasteiger partial charge is 0.322 e. The lowest BCUT2D eigenvalue weighted by Gasteiger charge is -2.34. The van der Waals surface area contributed by atoms with Crippen molar-refractivity contribution in [2.45, 2.75) is 38.6 Å². The zero-order chi connectivity index (χ0) is 17.4. The summed E-state index contributed by atoms with van der Waals surface area (Å²) in [6.07, 6.45) is 4.33. The van der Waals surface area contributed by atoms with Gasteiger partial charge >= 0.3 is 6.03 Å². The van der Waals surface area contributed by atoms with E-state index in [2.05, 4.69) is 10.4 Å². The fourth-order valence-corrected chi connectivity index (χ4v) is 4.35. The Labute approximate surface area is 148 Å². The number of rotatable bonds is 2. The van der Waals surface area contributed by atoms with Crippen molar-refractivity contribution < 1.29 is 9.53 Å². The molecule has 1 N–H and O–H groups in total. The van der Waals surface area contributed by atoms with Crippen LogP contribution in [0.1, 0.15) is 31.4 Å². The van der Waals surface area contributed by atoms with Crippen molar-refractivity contribution in [1.82, 2.24) is 14.7 Å². The number of amides is 2. The fourth-order valence-electron chi connectivity index (χ4n) is 4.35. The van der Waals surface area contributed by atoms with Crippen LogP contribution in [0.25, 0.3) is 10.9 Å². The number of nitrogens with one attached hydrogen (secondary N) is 1. The molecule has 0 radical (unpaired) electrons. The maximum absolute atomic E-state index is 12.9. The largest absolute Gasteiger partial charge is 0.381 e. The highest BCUT2D eigenvalue weighted by Crippen LogP contribution is 2.31. The SMILES string of the molecule is Cc1nn(C)c2cc(NC(=O)N3CCCC3C3CCOCC3)ccc12. The molecule has 3 heterocycles. The summed E-state index contributed by atoms with van der Waals surface area (Å²) in [6.45, 7) is 4.50. The molecule has 2 aliphatic rings. The van der Waals surface area contributed by atoms with Crippen LogP contribution in [0.2, 0.25) is 0 Å². The van der Waals surface area contributed by atoms with Crippen molar-refractivity contribution in [2.75, 3.05) is 25.1 Å². The number of hydrogen-bond acceptors (Lipinski definition) is 3. The van der Waals surface area contributed by atoms with Gasteiger partial charge in [0.2, 0.25) is 0 Å². The lowest BCUT2D eigenvalue weighted by molar-refractivity contribution is 0.0429. The molecule has 1 unspecified atom stereocenters.